The second-order valence-electron chi connectivity index (χ2n) is 6.43. The predicted octanol–water partition coefficient (Wildman–Crippen LogP) is 4.29. The van der Waals surface area contributed by atoms with E-state index in [1.165, 1.54) is 11.1 Å². The number of hydrogen-bond donors (Lipinski definition) is 0. The van der Waals surface area contributed by atoms with Gasteiger partial charge in [0, 0.05) is 24.5 Å². The smallest absolute Gasteiger partial charge is 0.133 e. The van der Waals surface area contributed by atoms with Gasteiger partial charge in [-0.05, 0) is 56.2 Å². The van der Waals surface area contributed by atoms with E-state index in [1.807, 2.05) is 24.7 Å². The number of alkyl halides is 1. The second-order valence-corrected chi connectivity index (χ2v) is 6.70. The molecule has 4 nitrogen and oxygen atoms in total. The molecular weight excluding hydrogens is 322 g/mol. The molecule has 24 heavy (non-hydrogen) atoms. The lowest BCUT2D eigenvalue weighted by molar-refractivity contribution is -0.120. The van der Waals surface area contributed by atoms with Crippen LogP contribution in [0.3, 0.4) is 0 Å². The van der Waals surface area contributed by atoms with Crippen LogP contribution in [0, 0.1) is 12.8 Å². The maximum atomic E-state index is 12.0. The van der Waals surface area contributed by atoms with E-state index in [-0.39, 0.29) is 17.6 Å². The monoisotopic (exact) mass is 347 g/mol. The van der Waals surface area contributed by atoms with Crippen molar-refractivity contribution in [2.45, 2.75) is 58.9 Å². The van der Waals surface area contributed by atoms with E-state index in [1.54, 1.807) is 6.92 Å². The van der Waals surface area contributed by atoms with Gasteiger partial charge in [0.15, 0.2) is 0 Å². The van der Waals surface area contributed by atoms with Crippen LogP contribution in [-0.2, 0) is 23.6 Å². The molecule has 0 amide bonds. The highest BCUT2D eigenvalue weighted by atomic mass is 35.5. The third-order valence-electron chi connectivity index (χ3n) is 4.81. The molecule has 1 aromatic carbocycles. The lowest BCUT2D eigenvalue weighted by Crippen LogP contribution is -2.18. The van der Waals surface area contributed by atoms with Crippen molar-refractivity contribution in [3.8, 4) is 0 Å². The molecule has 5 heteroatoms. The highest BCUT2D eigenvalue weighted by Crippen LogP contribution is 2.31. The highest BCUT2D eigenvalue weighted by Gasteiger charge is 2.23. The topological polar surface area (TPSA) is 47.8 Å². The number of carbonyl (C=O) groups excluding carboxylic acids is 1. The molecule has 2 aromatic rings. The van der Waals surface area contributed by atoms with Gasteiger partial charge in [-0.25, -0.2) is 0 Å². The number of aryl methyl sites for hydroxylation is 3. The lowest BCUT2D eigenvalue weighted by atomic mass is 9.80. The maximum Gasteiger partial charge on any atom is 0.133 e. The van der Waals surface area contributed by atoms with Crippen LogP contribution in [0.5, 0.6) is 0 Å². The van der Waals surface area contributed by atoms with Crippen LogP contribution < -0.4 is 0 Å². The van der Waals surface area contributed by atoms with Gasteiger partial charge in [-0.1, -0.05) is 30.3 Å². The Morgan fingerprint density at radius 2 is 2.12 bits per heavy atom. The van der Waals surface area contributed by atoms with Crippen molar-refractivity contribution in [1.82, 2.24) is 15.0 Å². The van der Waals surface area contributed by atoms with E-state index >= 15 is 0 Å². The Balaban J connectivity index is 2.22. The summed E-state index contributed by atoms with van der Waals surface area (Å²) in [5, 5.41) is 8.30. The summed E-state index contributed by atoms with van der Waals surface area (Å²) in [6.07, 6.45) is 3.66. The van der Waals surface area contributed by atoms with E-state index in [4.69, 9.17) is 11.6 Å². The van der Waals surface area contributed by atoms with Gasteiger partial charge in [0.25, 0.3) is 0 Å². The fourth-order valence-corrected chi connectivity index (χ4v) is 3.25. The molecule has 0 aliphatic carbocycles. The number of halogens is 1. The number of benzene rings is 1. The number of hydrogen-bond acceptors (Lipinski definition) is 3. The zero-order chi connectivity index (χ0) is 17.7. The van der Waals surface area contributed by atoms with Crippen molar-refractivity contribution in [1.29, 1.82) is 0 Å². The molecule has 0 saturated heterocycles. The lowest BCUT2D eigenvalue weighted by Gasteiger charge is -2.23. The minimum atomic E-state index is -0.0305. The highest BCUT2D eigenvalue weighted by molar-refractivity contribution is 6.17. The first kappa shape index (κ1) is 18.7. The number of aromatic nitrogens is 3. The van der Waals surface area contributed by atoms with Crippen molar-refractivity contribution in [2.24, 2.45) is 5.92 Å². The molecule has 0 saturated carbocycles. The van der Waals surface area contributed by atoms with Gasteiger partial charge in [-0.3, -0.25) is 9.48 Å². The van der Waals surface area contributed by atoms with Gasteiger partial charge >= 0.3 is 0 Å². The fourth-order valence-electron chi connectivity index (χ4n) is 2.97. The minimum absolute atomic E-state index is 0.0305. The Hall–Kier alpha value is -1.68. The van der Waals surface area contributed by atoms with Crippen LogP contribution in [-0.4, -0.2) is 20.8 Å². The predicted molar refractivity (Wildman–Crippen MR) is 97.3 cm³/mol. The third-order valence-corrected chi connectivity index (χ3v) is 5.10. The summed E-state index contributed by atoms with van der Waals surface area (Å²) in [7, 11) is 0. The normalized spacial score (nSPS) is 13.7. The van der Waals surface area contributed by atoms with E-state index in [2.05, 4.69) is 35.4 Å². The van der Waals surface area contributed by atoms with Crippen molar-refractivity contribution in [2.75, 3.05) is 0 Å². The van der Waals surface area contributed by atoms with Crippen molar-refractivity contribution < 1.29 is 4.79 Å². The average Bonchev–Trinajstić information content (AvgIpc) is 3.04. The molecule has 0 radical (unpaired) electrons. The Bertz CT molecular complexity index is 696. The number of rotatable bonds is 8. The summed E-state index contributed by atoms with van der Waals surface area (Å²) >= 11 is 6.05. The van der Waals surface area contributed by atoms with Crippen molar-refractivity contribution in [3.05, 3.63) is 46.8 Å². The van der Waals surface area contributed by atoms with Crippen molar-refractivity contribution >= 4 is 17.4 Å². The SMILES string of the molecule is CCn1cc(CCC(c2ccc(C)c(CCl)c2)C(C)C(C)=O)nn1. The van der Waals surface area contributed by atoms with Crippen LogP contribution in [0.4, 0.5) is 0 Å². The molecule has 0 aliphatic rings. The van der Waals surface area contributed by atoms with Gasteiger partial charge in [-0.15, -0.1) is 16.7 Å². The van der Waals surface area contributed by atoms with Gasteiger partial charge in [0.1, 0.15) is 5.78 Å². The molecule has 0 bridgehead atoms. The zero-order valence-corrected chi connectivity index (χ0v) is 15.7. The molecule has 1 aromatic heterocycles. The molecule has 0 N–H and O–H groups in total. The second kappa shape index (κ2) is 8.43. The van der Waals surface area contributed by atoms with Crippen LogP contribution in [0.2, 0.25) is 0 Å². The van der Waals surface area contributed by atoms with E-state index in [0.29, 0.717) is 5.88 Å². The van der Waals surface area contributed by atoms with E-state index in [0.717, 1.165) is 30.6 Å². The summed E-state index contributed by atoms with van der Waals surface area (Å²) in [5.41, 5.74) is 4.48. The zero-order valence-electron chi connectivity index (χ0n) is 14.9. The van der Waals surface area contributed by atoms with Crippen LogP contribution in [0.15, 0.2) is 24.4 Å². The first-order valence-corrected chi connectivity index (χ1v) is 9.04. The first-order chi connectivity index (χ1) is 11.5. The van der Waals surface area contributed by atoms with Gasteiger partial charge in [-0.2, -0.15) is 0 Å². The van der Waals surface area contributed by atoms with Crippen LogP contribution in [0.1, 0.15) is 55.5 Å². The molecule has 130 valence electrons. The minimum Gasteiger partial charge on any atom is -0.300 e. The Kier molecular flexibility index (Phi) is 6.55. The number of ketones is 1. The quantitative estimate of drug-likeness (QED) is 0.669. The Morgan fingerprint density at radius 3 is 2.71 bits per heavy atom. The number of Topliss-reactive ketones (excluding diaryl/α,β-unsaturated/α-hetero) is 1. The van der Waals surface area contributed by atoms with Crippen molar-refractivity contribution in [3.63, 3.8) is 0 Å². The van der Waals surface area contributed by atoms with E-state index < -0.39 is 0 Å². The van der Waals surface area contributed by atoms with Crippen LogP contribution >= 0.6 is 11.6 Å². The Morgan fingerprint density at radius 1 is 1.38 bits per heavy atom. The molecule has 2 unspecified atom stereocenters. The summed E-state index contributed by atoms with van der Waals surface area (Å²) in [4.78, 5) is 12.0. The summed E-state index contributed by atoms with van der Waals surface area (Å²) in [6, 6.07) is 6.37. The van der Waals surface area contributed by atoms with E-state index in [9.17, 15) is 4.79 Å². The molecule has 2 atom stereocenters. The molecule has 1 heterocycles. The molecule has 0 spiro atoms. The van der Waals surface area contributed by atoms with Gasteiger partial charge in [0.2, 0.25) is 0 Å². The fraction of sp³-hybridized carbons (Fsp3) is 0.526. The molecule has 0 aliphatic heterocycles. The average molecular weight is 348 g/mol. The Labute approximate surface area is 149 Å². The maximum absolute atomic E-state index is 12.0. The summed E-state index contributed by atoms with van der Waals surface area (Å²) in [6.45, 7) is 8.60. The number of carbonyl (C=O) groups is 1. The van der Waals surface area contributed by atoms with Gasteiger partial charge < -0.3 is 0 Å². The van der Waals surface area contributed by atoms with Gasteiger partial charge in [0.05, 0.1) is 5.69 Å². The third kappa shape index (κ3) is 4.44. The summed E-state index contributed by atoms with van der Waals surface area (Å²) < 4.78 is 1.83. The standard InChI is InChI=1S/C19H26ClN3O/c1-5-23-12-18(21-22-23)8-9-19(14(3)15(4)24)16-7-6-13(2)17(10-16)11-20/h6-7,10,12,14,19H,5,8-9,11H2,1-4H3. The molecule has 2 rings (SSSR count). The molecule has 0 fully saturated rings. The largest absolute Gasteiger partial charge is 0.300 e. The number of nitrogens with zero attached hydrogens (tertiary/aromatic N) is 3. The first-order valence-electron chi connectivity index (χ1n) is 8.51. The molecular formula is C19H26ClN3O. The summed E-state index contributed by atoms with van der Waals surface area (Å²) in [5.74, 6) is 0.838. The van der Waals surface area contributed by atoms with Crippen LogP contribution in [0.25, 0.3) is 0 Å².